The Hall–Kier alpha value is -3.32. The van der Waals surface area contributed by atoms with Crippen molar-refractivity contribution in [1.82, 2.24) is 20.3 Å². The van der Waals surface area contributed by atoms with E-state index in [2.05, 4.69) is 70.2 Å². The van der Waals surface area contributed by atoms with E-state index >= 15 is 0 Å². The standard InChI is InChI=1S/C45H68N4O9/c1-25-35(56-26(2)50)36(57-27(3)51)37(58-28(4)52)38(55-25)49-24-29(47-48-49)23-46-39(54)45-20-18-40(5,6)22-31(45)30-12-13-33-42(9)16-15-34(53)41(7,8)32(42)14-17-44(33,11)43(30,10)19-21-45/h12,24-25,31-38,53H,13-23H2,1-11H3,(H,46,54)/t25-,31-,32-,33+,34-,35-,36+,37+,38+,42-,43+,44+,45-/m0/s1. The molecular weight excluding hydrogens is 741 g/mol. The summed E-state index contributed by atoms with van der Waals surface area (Å²) in [6.45, 7) is 22.4. The van der Waals surface area contributed by atoms with E-state index in [1.54, 1.807) is 13.1 Å². The van der Waals surface area contributed by atoms with Gasteiger partial charge in [-0.25, -0.2) is 4.68 Å². The first kappa shape index (κ1) is 42.8. The molecule has 13 atom stereocenters. The largest absolute Gasteiger partial charge is 0.456 e. The molecule has 5 aliphatic carbocycles. The van der Waals surface area contributed by atoms with Crippen LogP contribution >= 0.6 is 0 Å². The van der Waals surface area contributed by atoms with Gasteiger partial charge in [0.2, 0.25) is 5.91 Å². The lowest BCUT2D eigenvalue weighted by Gasteiger charge is -2.71. The summed E-state index contributed by atoms with van der Waals surface area (Å²) in [7, 11) is 0. The monoisotopic (exact) mass is 808 g/mol. The summed E-state index contributed by atoms with van der Waals surface area (Å²) in [5.41, 5.74) is 1.67. The van der Waals surface area contributed by atoms with Gasteiger partial charge in [-0.2, -0.15) is 0 Å². The van der Waals surface area contributed by atoms with Crippen molar-refractivity contribution in [2.75, 3.05) is 0 Å². The van der Waals surface area contributed by atoms with Crippen molar-refractivity contribution in [3.05, 3.63) is 23.5 Å². The highest BCUT2D eigenvalue weighted by Crippen LogP contribution is 2.75. The van der Waals surface area contributed by atoms with E-state index in [9.17, 15) is 24.3 Å². The number of amides is 1. The predicted octanol–water partition coefficient (Wildman–Crippen LogP) is 6.77. The van der Waals surface area contributed by atoms with Crippen LogP contribution in [0.15, 0.2) is 17.8 Å². The molecule has 58 heavy (non-hydrogen) atoms. The SMILES string of the molecule is CC(=O)O[C@@H]1[C@@H](OC(C)=O)[C@H](C)O[C@@H](n2cc(CNC(=O)[C@]34CCC(C)(C)C[C@H]3C3=CC[C@@H]5[C@@]6(C)CC[C@H](O)C(C)(C)[C@@H]6CC[C@@]5(C)[C@]3(C)CC4)nn2)[C@@H]1OC(C)=O. The number of rotatable bonds is 7. The summed E-state index contributed by atoms with van der Waals surface area (Å²) in [6.07, 6.45) is 8.50. The first-order valence-electron chi connectivity index (χ1n) is 21.7. The molecule has 0 bridgehead atoms. The van der Waals surface area contributed by atoms with Crippen molar-refractivity contribution in [3.63, 3.8) is 0 Å². The summed E-state index contributed by atoms with van der Waals surface area (Å²) in [4.78, 5) is 51.3. The van der Waals surface area contributed by atoms with Crippen LogP contribution in [-0.4, -0.2) is 74.4 Å². The minimum atomic E-state index is -1.20. The fourth-order valence-electron chi connectivity index (χ4n) is 13.7. The van der Waals surface area contributed by atoms with Gasteiger partial charge in [-0.3, -0.25) is 19.2 Å². The Bertz CT molecular complexity index is 1840. The average molecular weight is 809 g/mol. The van der Waals surface area contributed by atoms with Gasteiger partial charge in [0.25, 0.3) is 0 Å². The van der Waals surface area contributed by atoms with E-state index in [-0.39, 0.29) is 51.5 Å². The Labute approximate surface area is 344 Å². The van der Waals surface area contributed by atoms with Crippen LogP contribution in [0.5, 0.6) is 0 Å². The molecule has 2 N–H and O–H groups in total. The fraction of sp³-hybridized carbons (Fsp3) is 0.822. The zero-order chi connectivity index (χ0) is 42.4. The molecule has 7 rings (SSSR count). The smallest absolute Gasteiger partial charge is 0.303 e. The van der Waals surface area contributed by atoms with Crippen LogP contribution in [-0.2, 0) is 44.7 Å². The minimum absolute atomic E-state index is 0.0251. The van der Waals surface area contributed by atoms with Gasteiger partial charge < -0.3 is 29.4 Å². The number of esters is 3. The van der Waals surface area contributed by atoms with Gasteiger partial charge in [-0.05, 0) is 116 Å². The number of hydrogen-bond donors (Lipinski definition) is 2. The number of aliphatic hydroxyl groups excluding tert-OH is 1. The van der Waals surface area contributed by atoms with Crippen molar-refractivity contribution < 1.29 is 43.2 Å². The summed E-state index contributed by atoms with van der Waals surface area (Å²) in [5.74, 6) is -0.715. The third-order valence-electron chi connectivity index (χ3n) is 17.0. The highest BCUT2D eigenvalue weighted by molar-refractivity contribution is 5.84. The Balaban J connectivity index is 1.13. The van der Waals surface area contributed by atoms with Crippen molar-refractivity contribution in [3.8, 4) is 0 Å². The number of hydrogen-bond acceptors (Lipinski definition) is 11. The third-order valence-corrected chi connectivity index (χ3v) is 17.0. The Kier molecular flexibility index (Phi) is 10.8. The molecule has 1 aromatic heterocycles. The van der Waals surface area contributed by atoms with Crippen molar-refractivity contribution in [2.24, 2.45) is 50.2 Å². The van der Waals surface area contributed by atoms with Crippen molar-refractivity contribution in [2.45, 2.75) is 184 Å². The first-order valence-corrected chi connectivity index (χ1v) is 21.7. The summed E-state index contributed by atoms with van der Waals surface area (Å²) >= 11 is 0. The normalized spacial score (nSPS) is 42.6. The zero-order valence-electron chi connectivity index (χ0n) is 36.7. The molecule has 0 spiro atoms. The molecule has 13 nitrogen and oxygen atoms in total. The zero-order valence-corrected chi connectivity index (χ0v) is 36.7. The quantitative estimate of drug-likeness (QED) is 0.170. The number of fused-ring (bicyclic) bond motifs is 7. The molecule has 1 aliphatic heterocycles. The van der Waals surface area contributed by atoms with Crippen LogP contribution in [0, 0.1) is 50.2 Å². The summed E-state index contributed by atoms with van der Waals surface area (Å²) in [5, 5.41) is 23.1. The van der Waals surface area contributed by atoms with E-state index in [4.69, 9.17) is 18.9 Å². The maximum Gasteiger partial charge on any atom is 0.303 e. The van der Waals surface area contributed by atoms with Crippen LogP contribution < -0.4 is 5.32 Å². The van der Waals surface area contributed by atoms with E-state index in [0.29, 0.717) is 17.5 Å². The predicted molar refractivity (Wildman–Crippen MR) is 213 cm³/mol. The molecular formula is C45H68N4O9. The molecule has 5 fully saturated rings. The van der Waals surface area contributed by atoms with Crippen LogP contribution in [0.4, 0.5) is 0 Å². The lowest BCUT2D eigenvalue weighted by Crippen LogP contribution is -2.65. The molecule has 0 aromatic carbocycles. The molecule has 1 amide bonds. The van der Waals surface area contributed by atoms with Crippen molar-refractivity contribution >= 4 is 23.8 Å². The van der Waals surface area contributed by atoms with Gasteiger partial charge in [0.05, 0.1) is 30.4 Å². The molecule has 1 saturated heterocycles. The number of allylic oxidation sites excluding steroid dienone is 2. The Morgan fingerprint density at radius 3 is 2.16 bits per heavy atom. The lowest BCUT2D eigenvalue weighted by atomic mass is 9.33. The lowest BCUT2D eigenvalue weighted by molar-refractivity contribution is -0.261. The number of aromatic nitrogens is 3. The maximum absolute atomic E-state index is 14.8. The highest BCUT2D eigenvalue weighted by atomic mass is 16.7. The second-order valence-corrected chi connectivity index (χ2v) is 21.1. The molecule has 322 valence electrons. The fourth-order valence-corrected chi connectivity index (χ4v) is 13.7. The van der Waals surface area contributed by atoms with E-state index < -0.39 is 54.0 Å². The molecule has 4 saturated carbocycles. The van der Waals surface area contributed by atoms with Crippen LogP contribution in [0.3, 0.4) is 0 Å². The second-order valence-electron chi connectivity index (χ2n) is 21.1. The van der Waals surface area contributed by atoms with Gasteiger partial charge in [0.15, 0.2) is 24.5 Å². The molecule has 1 aromatic rings. The van der Waals surface area contributed by atoms with Crippen LogP contribution in [0.1, 0.15) is 152 Å². The number of ether oxygens (including phenoxy) is 4. The average Bonchev–Trinajstić information content (AvgIpc) is 3.60. The number of aliphatic hydroxyl groups is 1. The van der Waals surface area contributed by atoms with Gasteiger partial charge in [0.1, 0.15) is 5.69 Å². The maximum atomic E-state index is 14.8. The van der Waals surface area contributed by atoms with Gasteiger partial charge in [-0.15, -0.1) is 5.10 Å². The molecule has 6 aliphatic rings. The number of nitrogens with zero attached hydrogens (tertiary/aromatic N) is 3. The third kappa shape index (κ3) is 6.82. The second kappa shape index (κ2) is 14.7. The number of carbonyl (C=O) groups is 4. The van der Waals surface area contributed by atoms with Gasteiger partial charge in [-0.1, -0.05) is 65.3 Å². The van der Waals surface area contributed by atoms with Crippen LogP contribution in [0.2, 0.25) is 0 Å². The molecule has 0 radical (unpaired) electrons. The highest BCUT2D eigenvalue weighted by Gasteiger charge is 2.69. The summed E-state index contributed by atoms with van der Waals surface area (Å²) < 4.78 is 24.3. The molecule has 13 heteroatoms. The molecule has 0 unspecified atom stereocenters. The van der Waals surface area contributed by atoms with E-state index in [1.807, 2.05) is 0 Å². The molecule has 2 heterocycles. The first-order chi connectivity index (χ1) is 27.0. The Morgan fingerprint density at radius 2 is 1.48 bits per heavy atom. The number of carbonyl (C=O) groups excluding carboxylic acids is 4. The topological polar surface area (TPSA) is 168 Å². The van der Waals surface area contributed by atoms with Gasteiger partial charge in [0, 0.05) is 20.8 Å². The minimum Gasteiger partial charge on any atom is -0.456 e. The van der Waals surface area contributed by atoms with Gasteiger partial charge >= 0.3 is 17.9 Å². The number of nitrogens with one attached hydrogen (secondary N) is 1. The Morgan fingerprint density at radius 1 is 0.845 bits per heavy atom. The van der Waals surface area contributed by atoms with E-state index in [0.717, 1.165) is 64.2 Å². The summed E-state index contributed by atoms with van der Waals surface area (Å²) in [6, 6.07) is 0. The van der Waals surface area contributed by atoms with Crippen LogP contribution in [0.25, 0.3) is 0 Å². The van der Waals surface area contributed by atoms with Crippen molar-refractivity contribution in [1.29, 1.82) is 0 Å². The van der Waals surface area contributed by atoms with E-state index in [1.165, 1.54) is 31.0 Å².